The number of aliphatic hydroxyl groups is 1. The summed E-state index contributed by atoms with van der Waals surface area (Å²) in [7, 11) is -0.288. The van der Waals surface area contributed by atoms with Crippen LogP contribution >= 0.6 is 0 Å². The molecule has 0 aliphatic rings. The van der Waals surface area contributed by atoms with Crippen LogP contribution in [0.15, 0.2) is 6.20 Å². The SMILES string of the molecule is COc1nc(N[C@H](C)CCO)ncc1B(O)O. The molecule has 0 aliphatic heterocycles. The number of hydrogen-bond acceptors (Lipinski definition) is 7. The Morgan fingerprint density at radius 2 is 2.24 bits per heavy atom. The van der Waals surface area contributed by atoms with E-state index in [4.69, 9.17) is 19.9 Å². The molecule has 0 aliphatic carbocycles. The summed E-state index contributed by atoms with van der Waals surface area (Å²) in [5, 5.41) is 29.8. The van der Waals surface area contributed by atoms with Crippen molar-refractivity contribution in [1.29, 1.82) is 0 Å². The van der Waals surface area contributed by atoms with Crippen molar-refractivity contribution < 1.29 is 19.9 Å². The van der Waals surface area contributed by atoms with Gasteiger partial charge in [-0.25, -0.2) is 4.98 Å². The van der Waals surface area contributed by atoms with E-state index in [9.17, 15) is 0 Å². The minimum atomic E-state index is -1.67. The van der Waals surface area contributed by atoms with Crippen LogP contribution in [0.1, 0.15) is 13.3 Å². The number of aromatic nitrogens is 2. The van der Waals surface area contributed by atoms with Gasteiger partial charge in [0.1, 0.15) is 0 Å². The largest absolute Gasteiger partial charge is 0.495 e. The lowest BCUT2D eigenvalue weighted by Crippen LogP contribution is -2.33. The van der Waals surface area contributed by atoms with Crippen LogP contribution in [0, 0.1) is 0 Å². The average molecular weight is 241 g/mol. The summed E-state index contributed by atoms with van der Waals surface area (Å²) in [6, 6.07) is 0.00889. The zero-order chi connectivity index (χ0) is 12.8. The summed E-state index contributed by atoms with van der Waals surface area (Å²) in [5.74, 6) is 0.417. The fraction of sp³-hybridized carbons (Fsp3) is 0.556. The quantitative estimate of drug-likeness (QED) is 0.442. The Morgan fingerprint density at radius 3 is 2.76 bits per heavy atom. The van der Waals surface area contributed by atoms with E-state index >= 15 is 0 Å². The molecule has 0 spiro atoms. The van der Waals surface area contributed by atoms with Gasteiger partial charge in [0.15, 0.2) is 0 Å². The molecule has 1 aromatic heterocycles. The second-order valence-corrected chi connectivity index (χ2v) is 3.59. The first-order valence-electron chi connectivity index (χ1n) is 5.23. The van der Waals surface area contributed by atoms with Crippen LogP contribution in [0.2, 0.25) is 0 Å². The molecule has 7 nitrogen and oxygen atoms in total. The van der Waals surface area contributed by atoms with Gasteiger partial charge in [0, 0.05) is 18.8 Å². The van der Waals surface area contributed by atoms with Crippen LogP contribution < -0.4 is 15.5 Å². The summed E-state index contributed by atoms with van der Waals surface area (Å²) in [6.45, 7) is 1.94. The van der Waals surface area contributed by atoms with Crippen LogP contribution in [-0.2, 0) is 0 Å². The molecule has 0 saturated carbocycles. The van der Waals surface area contributed by atoms with Crippen LogP contribution in [0.25, 0.3) is 0 Å². The fourth-order valence-corrected chi connectivity index (χ4v) is 1.27. The monoisotopic (exact) mass is 241 g/mol. The number of nitrogens with zero attached hydrogens (tertiary/aromatic N) is 2. The zero-order valence-corrected chi connectivity index (χ0v) is 9.79. The van der Waals surface area contributed by atoms with Gasteiger partial charge >= 0.3 is 7.12 Å². The Balaban J connectivity index is 2.82. The van der Waals surface area contributed by atoms with E-state index in [1.165, 1.54) is 13.3 Å². The first-order valence-corrected chi connectivity index (χ1v) is 5.23. The maximum Gasteiger partial charge on any atom is 0.495 e. The number of aliphatic hydroxyl groups excluding tert-OH is 1. The number of anilines is 1. The predicted octanol–water partition coefficient (Wildman–Crippen LogP) is -1.65. The summed E-state index contributed by atoms with van der Waals surface area (Å²) >= 11 is 0. The molecule has 1 rings (SSSR count). The van der Waals surface area contributed by atoms with Crippen molar-refractivity contribution in [3.8, 4) is 5.88 Å². The molecule has 4 N–H and O–H groups in total. The van der Waals surface area contributed by atoms with E-state index in [2.05, 4.69) is 15.3 Å². The number of ether oxygens (including phenoxy) is 1. The van der Waals surface area contributed by atoms with Crippen molar-refractivity contribution >= 4 is 18.5 Å². The average Bonchev–Trinajstić information content (AvgIpc) is 2.28. The lowest BCUT2D eigenvalue weighted by atomic mass is 9.82. The van der Waals surface area contributed by atoms with Crippen molar-refractivity contribution in [1.82, 2.24) is 9.97 Å². The third-order valence-corrected chi connectivity index (χ3v) is 2.19. The van der Waals surface area contributed by atoms with Crippen molar-refractivity contribution in [3.63, 3.8) is 0 Å². The first kappa shape index (κ1) is 13.7. The molecule has 0 bridgehead atoms. The van der Waals surface area contributed by atoms with E-state index < -0.39 is 7.12 Å². The first-order chi connectivity index (χ1) is 8.08. The molecule has 0 amide bonds. The molecule has 17 heavy (non-hydrogen) atoms. The topological polar surface area (TPSA) is 108 Å². The highest BCUT2D eigenvalue weighted by Gasteiger charge is 2.19. The lowest BCUT2D eigenvalue weighted by Gasteiger charge is -2.13. The molecule has 0 unspecified atom stereocenters. The van der Waals surface area contributed by atoms with E-state index in [1.807, 2.05) is 6.92 Å². The Morgan fingerprint density at radius 1 is 1.53 bits per heavy atom. The maximum absolute atomic E-state index is 9.03. The van der Waals surface area contributed by atoms with Crippen LogP contribution in [0.3, 0.4) is 0 Å². The van der Waals surface area contributed by atoms with Gasteiger partial charge in [-0.15, -0.1) is 0 Å². The smallest absolute Gasteiger partial charge is 0.481 e. The molecule has 0 saturated heterocycles. The van der Waals surface area contributed by atoms with E-state index in [0.717, 1.165) is 0 Å². The Kier molecular flexibility index (Phi) is 5.14. The van der Waals surface area contributed by atoms with Gasteiger partial charge in [0.05, 0.1) is 12.6 Å². The van der Waals surface area contributed by atoms with Gasteiger partial charge in [-0.2, -0.15) is 4.98 Å². The third kappa shape index (κ3) is 3.84. The summed E-state index contributed by atoms with van der Waals surface area (Å²) in [5.41, 5.74) is 0.105. The maximum atomic E-state index is 9.03. The molecule has 0 aromatic carbocycles. The van der Waals surface area contributed by atoms with Gasteiger partial charge in [0.25, 0.3) is 0 Å². The summed E-state index contributed by atoms with van der Waals surface area (Å²) in [4.78, 5) is 7.92. The third-order valence-electron chi connectivity index (χ3n) is 2.19. The van der Waals surface area contributed by atoms with E-state index in [-0.39, 0.29) is 24.0 Å². The number of hydrogen-bond donors (Lipinski definition) is 4. The Hall–Kier alpha value is -1.38. The van der Waals surface area contributed by atoms with Crippen LogP contribution in [-0.4, -0.2) is 52.0 Å². The molecule has 1 aromatic rings. The molecule has 0 radical (unpaired) electrons. The zero-order valence-electron chi connectivity index (χ0n) is 9.79. The van der Waals surface area contributed by atoms with Gasteiger partial charge < -0.3 is 25.2 Å². The molecule has 1 heterocycles. The van der Waals surface area contributed by atoms with Crippen LogP contribution in [0.5, 0.6) is 5.88 Å². The van der Waals surface area contributed by atoms with E-state index in [1.54, 1.807) is 0 Å². The number of methoxy groups -OCH3 is 1. The predicted molar refractivity (Wildman–Crippen MR) is 63.2 cm³/mol. The normalized spacial score (nSPS) is 12.1. The minimum absolute atomic E-state index is 0.00889. The van der Waals surface area contributed by atoms with Gasteiger partial charge in [0.2, 0.25) is 11.8 Å². The molecular weight excluding hydrogens is 225 g/mol. The summed E-state index contributed by atoms with van der Waals surface area (Å²) < 4.78 is 4.93. The van der Waals surface area contributed by atoms with E-state index in [0.29, 0.717) is 12.4 Å². The molecule has 8 heteroatoms. The van der Waals surface area contributed by atoms with Crippen molar-refractivity contribution in [2.75, 3.05) is 19.0 Å². The highest BCUT2D eigenvalue weighted by Crippen LogP contribution is 2.08. The Labute approximate surface area is 99.6 Å². The van der Waals surface area contributed by atoms with Crippen molar-refractivity contribution in [3.05, 3.63) is 6.20 Å². The standard InChI is InChI=1S/C9H16BN3O4/c1-6(3-4-14)12-9-11-5-7(10(15)16)8(13-9)17-2/h5-6,14-16H,3-4H2,1-2H3,(H,11,12,13)/t6-/m1/s1. The molecular formula is C9H16BN3O4. The van der Waals surface area contributed by atoms with Crippen molar-refractivity contribution in [2.24, 2.45) is 0 Å². The fourth-order valence-electron chi connectivity index (χ4n) is 1.27. The molecule has 1 atom stereocenters. The highest BCUT2D eigenvalue weighted by molar-refractivity contribution is 6.59. The van der Waals surface area contributed by atoms with Crippen LogP contribution in [0.4, 0.5) is 5.95 Å². The van der Waals surface area contributed by atoms with Gasteiger partial charge in [-0.1, -0.05) is 0 Å². The second-order valence-electron chi connectivity index (χ2n) is 3.59. The lowest BCUT2D eigenvalue weighted by molar-refractivity contribution is 0.282. The molecule has 94 valence electrons. The number of nitrogens with one attached hydrogen (secondary N) is 1. The second kappa shape index (κ2) is 6.38. The van der Waals surface area contributed by atoms with Crippen molar-refractivity contribution in [2.45, 2.75) is 19.4 Å². The molecule has 0 fully saturated rings. The number of rotatable bonds is 6. The van der Waals surface area contributed by atoms with Gasteiger partial charge in [-0.05, 0) is 13.3 Å². The highest BCUT2D eigenvalue weighted by atomic mass is 16.5. The minimum Gasteiger partial charge on any atom is -0.481 e. The van der Waals surface area contributed by atoms with Gasteiger partial charge in [-0.3, -0.25) is 0 Å². The summed E-state index contributed by atoms with van der Waals surface area (Å²) in [6.07, 6.45) is 1.85. The Bertz CT molecular complexity index is 364.